The van der Waals surface area contributed by atoms with Gasteiger partial charge in [-0.2, -0.15) is 5.26 Å². The Morgan fingerprint density at radius 2 is 1.67 bits per heavy atom. The molecule has 0 aliphatic carbocycles. The van der Waals surface area contributed by atoms with E-state index in [0.29, 0.717) is 5.92 Å². The number of hydrogen-bond acceptors (Lipinski definition) is 1. The smallest absolute Gasteiger partial charge is 0.0994 e. The predicted molar refractivity (Wildman–Crippen MR) is 64.0 cm³/mol. The van der Waals surface area contributed by atoms with Gasteiger partial charge in [-0.15, -0.1) is 0 Å². The van der Waals surface area contributed by atoms with Crippen molar-refractivity contribution in [1.82, 2.24) is 0 Å². The second kappa shape index (κ2) is 4.98. The van der Waals surface area contributed by atoms with Crippen molar-refractivity contribution < 1.29 is 0 Å². The summed E-state index contributed by atoms with van der Waals surface area (Å²) in [6, 6.07) is 6.58. The molecule has 0 N–H and O–H groups in total. The molecule has 0 fully saturated rings. The third-order valence-corrected chi connectivity index (χ3v) is 2.88. The van der Waals surface area contributed by atoms with Crippen molar-refractivity contribution in [2.24, 2.45) is 0 Å². The standard InChI is InChI=1S/C14H19N/c1-5-11-7-13(9-15)14(10(3)4)8-12(11)6-2/h7-8,10H,5-6H2,1-4H3. The molecule has 80 valence electrons. The highest BCUT2D eigenvalue weighted by Crippen LogP contribution is 2.24. The van der Waals surface area contributed by atoms with E-state index in [2.05, 4.69) is 45.9 Å². The van der Waals surface area contributed by atoms with E-state index in [0.717, 1.165) is 18.4 Å². The van der Waals surface area contributed by atoms with Crippen LogP contribution in [0.25, 0.3) is 0 Å². The van der Waals surface area contributed by atoms with Gasteiger partial charge in [0.15, 0.2) is 0 Å². The van der Waals surface area contributed by atoms with Crippen LogP contribution in [-0.4, -0.2) is 0 Å². The number of rotatable bonds is 3. The number of aryl methyl sites for hydroxylation is 2. The second-order valence-corrected chi connectivity index (χ2v) is 4.18. The molecule has 1 aromatic rings. The minimum Gasteiger partial charge on any atom is -0.192 e. The van der Waals surface area contributed by atoms with Gasteiger partial charge in [0.2, 0.25) is 0 Å². The van der Waals surface area contributed by atoms with Crippen LogP contribution in [0.15, 0.2) is 12.1 Å². The highest BCUT2D eigenvalue weighted by atomic mass is 14.3. The van der Waals surface area contributed by atoms with E-state index in [9.17, 15) is 0 Å². The molecule has 0 saturated carbocycles. The lowest BCUT2D eigenvalue weighted by Gasteiger charge is -2.13. The van der Waals surface area contributed by atoms with Crippen LogP contribution in [0.2, 0.25) is 0 Å². The van der Waals surface area contributed by atoms with Gasteiger partial charge in [0, 0.05) is 0 Å². The Balaban J connectivity index is 3.36. The molecule has 1 aromatic carbocycles. The molecule has 0 radical (unpaired) electrons. The highest BCUT2D eigenvalue weighted by molar-refractivity contribution is 5.46. The number of benzene rings is 1. The van der Waals surface area contributed by atoms with Crippen LogP contribution in [0.5, 0.6) is 0 Å². The maximum atomic E-state index is 9.10. The van der Waals surface area contributed by atoms with Crippen molar-refractivity contribution in [1.29, 1.82) is 5.26 Å². The summed E-state index contributed by atoms with van der Waals surface area (Å²) in [6.07, 6.45) is 2.06. The van der Waals surface area contributed by atoms with Gasteiger partial charge in [-0.05, 0) is 41.5 Å². The van der Waals surface area contributed by atoms with Crippen LogP contribution in [0.3, 0.4) is 0 Å². The molecule has 15 heavy (non-hydrogen) atoms. The molecule has 0 spiro atoms. The van der Waals surface area contributed by atoms with Crippen molar-refractivity contribution in [2.75, 3.05) is 0 Å². The molecular weight excluding hydrogens is 182 g/mol. The van der Waals surface area contributed by atoms with Crippen molar-refractivity contribution in [3.05, 3.63) is 34.4 Å². The van der Waals surface area contributed by atoms with Crippen molar-refractivity contribution in [3.8, 4) is 6.07 Å². The minimum absolute atomic E-state index is 0.427. The normalized spacial score (nSPS) is 10.4. The van der Waals surface area contributed by atoms with Crippen LogP contribution in [0.1, 0.15) is 55.9 Å². The molecular formula is C14H19N. The Bertz CT molecular complexity index is 383. The first-order valence-corrected chi connectivity index (χ1v) is 5.69. The maximum absolute atomic E-state index is 9.10. The third-order valence-electron chi connectivity index (χ3n) is 2.88. The average molecular weight is 201 g/mol. The quantitative estimate of drug-likeness (QED) is 0.729. The Hall–Kier alpha value is -1.29. The van der Waals surface area contributed by atoms with Gasteiger partial charge in [-0.3, -0.25) is 0 Å². The van der Waals surface area contributed by atoms with E-state index in [1.165, 1.54) is 16.7 Å². The predicted octanol–water partition coefficient (Wildman–Crippen LogP) is 3.81. The summed E-state index contributed by atoms with van der Waals surface area (Å²) in [5, 5.41) is 9.10. The molecule has 0 heterocycles. The van der Waals surface area contributed by atoms with Gasteiger partial charge in [0.1, 0.15) is 0 Å². The first kappa shape index (κ1) is 11.8. The Morgan fingerprint density at radius 3 is 2.07 bits per heavy atom. The van der Waals surface area contributed by atoms with Gasteiger partial charge in [-0.1, -0.05) is 33.8 Å². The summed E-state index contributed by atoms with van der Waals surface area (Å²) in [5.74, 6) is 0.427. The van der Waals surface area contributed by atoms with Crippen LogP contribution in [-0.2, 0) is 12.8 Å². The summed E-state index contributed by atoms with van der Waals surface area (Å²) in [7, 11) is 0. The maximum Gasteiger partial charge on any atom is 0.0994 e. The molecule has 0 aliphatic rings. The average Bonchev–Trinajstić information content (AvgIpc) is 2.26. The molecule has 0 bridgehead atoms. The fourth-order valence-corrected chi connectivity index (χ4v) is 1.94. The second-order valence-electron chi connectivity index (χ2n) is 4.18. The SMILES string of the molecule is CCc1cc(C#N)c(C(C)C)cc1CC. The highest BCUT2D eigenvalue weighted by Gasteiger charge is 2.10. The zero-order chi connectivity index (χ0) is 11.4. The summed E-state index contributed by atoms with van der Waals surface area (Å²) in [6.45, 7) is 8.60. The topological polar surface area (TPSA) is 23.8 Å². The van der Waals surface area contributed by atoms with Crippen LogP contribution in [0.4, 0.5) is 0 Å². The summed E-state index contributed by atoms with van der Waals surface area (Å²) >= 11 is 0. The molecule has 0 unspecified atom stereocenters. The first-order valence-electron chi connectivity index (χ1n) is 5.69. The van der Waals surface area contributed by atoms with E-state index in [4.69, 9.17) is 5.26 Å². The molecule has 0 amide bonds. The molecule has 0 aromatic heterocycles. The Morgan fingerprint density at radius 1 is 1.13 bits per heavy atom. The van der Waals surface area contributed by atoms with Gasteiger partial charge in [-0.25, -0.2) is 0 Å². The number of hydrogen-bond donors (Lipinski definition) is 0. The van der Waals surface area contributed by atoms with Crippen LogP contribution >= 0.6 is 0 Å². The summed E-state index contributed by atoms with van der Waals surface area (Å²) in [4.78, 5) is 0. The van der Waals surface area contributed by atoms with Crippen LogP contribution in [0, 0.1) is 11.3 Å². The molecule has 1 rings (SSSR count). The Labute approximate surface area is 92.7 Å². The van der Waals surface area contributed by atoms with Crippen molar-refractivity contribution >= 4 is 0 Å². The van der Waals surface area contributed by atoms with Crippen molar-refractivity contribution in [2.45, 2.75) is 46.5 Å². The van der Waals surface area contributed by atoms with Gasteiger partial charge >= 0.3 is 0 Å². The van der Waals surface area contributed by atoms with E-state index in [1.54, 1.807) is 0 Å². The lowest BCUT2D eigenvalue weighted by atomic mass is 9.91. The van der Waals surface area contributed by atoms with Crippen molar-refractivity contribution in [3.63, 3.8) is 0 Å². The summed E-state index contributed by atoms with van der Waals surface area (Å²) < 4.78 is 0. The first-order chi connectivity index (χ1) is 7.13. The van der Waals surface area contributed by atoms with Crippen LogP contribution < -0.4 is 0 Å². The van der Waals surface area contributed by atoms with Gasteiger partial charge < -0.3 is 0 Å². The minimum atomic E-state index is 0.427. The molecule has 0 aliphatic heterocycles. The molecule has 1 nitrogen and oxygen atoms in total. The van der Waals surface area contributed by atoms with E-state index < -0.39 is 0 Å². The number of nitriles is 1. The zero-order valence-corrected chi connectivity index (χ0v) is 10.1. The largest absolute Gasteiger partial charge is 0.192 e. The van der Waals surface area contributed by atoms with E-state index >= 15 is 0 Å². The fraction of sp³-hybridized carbons (Fsp3) is 0.500. The lowest BCUT2D eigenvalue weighted by Crippen LogP contribution is -1.99. The Kier molecular flexibility index (Phi) is 3.91. The van der Waals surface area contributed by atoms with E-state index in [1.807, 2.05) is 0 Å². The lowest BCUT2D eigenvalue weighted by molar-refractivity contribution is 0.854. The zero-order valence-electron chi connectivity index (χ0n) is 10.1. The number of nitrogens with zero attached hydrogens (tertiary/aromatic N) is 1. The monoisotopic (exact) mass is 201 g/mol. The molecule has 0 atom stereocenters. The third kappa shape index (κ3) is 2.39. The molecule has 1 heteroatoms. The fourth-order valence-electron chi connectivity index (χ4n) is 1.94. The van der Waals surface area contributed by atoms with E-state index in [-0.39, 0.29) is 0 Å². The summed E-state index contributed by atoms with van der Waals surface area (Å²) in [5.41, 5.74) is 4.74. The van der Waals surface area contributed by atoms with Gasteiger partial charge in [0.25, 0.3) is 0 Å². The molecule has 0 saturated heterocycles. The van der Waals surface area contributed by atoms with Gasteiger partial charge in [0.05, 0.1) is 11.6 Å².